The van der Waals surface area contributed by atoms with E-state index >= 15 is 0 Å². The van der Waals surface area contributed by atoms with Crippen LogP contribution in [0.1, 0.15) is 19.3 Å². The molecule has 18 heavy (non-hydrogen) atoms. The van der Waals surface area contributed by atoms with Gasteiger partial charge in [0.2, 0.25) is 5.91 Å². The van der Waals surface area contributed by atoms with E-state index < -0.39 is 0 Å². The second-order valence-electron chi connectivity index (χ2n) is 4.73. The van der Waals surface area contributed by atoms with Crippen molar-refractivity contribution in [3.05, 3.63) is 24.3 Å². The Morgan fingerprint density at radius 3 is 2.56 bits per heavy atom. The van der Waals surface area contributed by atoms with Gasteiger partial charge in [0.1, 0.15) is 5.75 Å². The van der Waals surface area contributed by atoms with E-state index in [1.54, 1.807) is 12.0 Å². The van der Waals surface area contributed by atoms with E-state index in [-0.39, 0.29) is 5.91 Å². The Hall–Kier alpha value is -1.55. The maximum absolute atomic E-state index is 11.8. The van der Waals surface area contributed by atoms with Gasteiger partial charge >= 0.3 is 0 Å². The summed E-state index contributed by atoms with van der Waals surface area (Å²) < 4.78 is 5.07. The average molecular weight is 249 g/mol. The molecule has 0 radical (unpaired) electrons. The number of hydrogen-bond donors (Lipinski definition) is 2. The first-order valence-electron chi connectivity index (χ1n) is 6.55. The van der Waals surface area contributed by atoms with Gasteiger partial charge in [0.05, 0.1) is 33.2 Å². The second-order valence-corrected chi connectivity index (χ2v) is 4.73. The molecule has 0 bridgehead atoms. The molecular weight excluding hydrogens is 228 g/mol. The number of quaternary nitrogens is 1. The minimum Gasteiger partial charge on any atom is -0.497 e. The second kappa shape index (κ2) is 6.40. The van der Waals surface area contributed by atoms with Crippen LogP contribution in [-0.2, 0) is 4.79 Å². The van der Waals surface area contributed by atoms with Crippen molar-refractivity contribution < 1.29 is 14.4 Å². The molecule has 0 aromatic heterocycles. The molecule has 4 nitrogen and oxygen atoms in total. The number of rotatable bonds is 5. The van der Waals surface area contributed by atoms with Crippen LogP contribution in [0.5, 0.6) is 5.75 Å². The number of carbonyl (C=O) groups excluding carboxylic acids is 1. The summed E-state index contributed by atoms with van der Waals surface area (Å²) in [6, 6.07) is 7.42. The van der Waals surface area contributed by atoms with Gasteiger partial charge in [-0.2, -0.15) is 0 Å². The minimum absolute atomic E-state index is 0.0968. The van der Waals surface area contributed by atoms with Crippen LogP contribution in [0.25, 0.3) is 0 Å². The zero-order valence-corrected chi connectivity index (χ0v) is 10.9. The van der Waals surface area contributed by atoms with Crippen LogP contribution in [0, 0.1) is 0 Å². The van der Waals surface area contributed by atoms with E-state index in [0.29, 0.717) is 6.42 Å². The summed E-state index contributed by atoms with van der Waals surface area (Å²) in [7, 11) is 1.63. The van der Waals surface area contributed by atoms with Gasteiger partial charge in [0.15, 0.2) is 0 Å². The van der Waals surface area contributed by atoms with Crippen molar-refractivity contribution >= 4 is 11.6 Å². The highest BCUT2D eigenvalue weighted by Gasteiger charge is 2.16. The molecule has 0 aliphatic carbocycles. The molecule has 0 spiro atoms. The number of benzene rings is 1. The topological polar surface area (TPSA) is 42.8 Å². The number of likely N-dealkylation sites (tertiary alicyclic amines) is 1. The molecule has 98 valence electrons. The maximum atomic E-state index is 11.8. The Morgan fingerprint density at radius 2 is 1.94 bits per heavy atom. The molecule has 1 aromatic carbocycles. The largest absolute Gasteiger partial charge is 0.497 e. The Balaban J connectivity index is 1.75. The third-order valence-electron chi connectivity index (χ3n) is 3.39. The third-order valence-corrected chi connectivity index (χ3v) is 3.39. The summed E-state index contributed by atoms with van der Waals surface area (Å²) in [5, 5.41) is 2.91. The Bertz CT molecular complexity index is 383. The van der Waals surface area contributed by atoms with Gasteiger partial charge in [-0.3, -0.25) is 4.79 Å². The Morgan fingerprint density at radius 1 is 1.28 bits per heavy atom. The summed E-state index contributed by atoms with van der Waals surface area (Å²) >= 11 is 0. The van der Waals surface area contributed by atoms with Crippen LogP contribution in [0.15, 0.2) is 24.3 Å². The summed E-state index contributed by atoms with van der Waals surface area (Å²) in [6.45, 7) is 3.38. The van der Waals surface area contributed by atoms with Crippen LogP contribution < -0.4 is 15.0 Å². The Labute approximate surface area is 108 Å². The molecule has 1 fully saturated rings. The number of ether oxygens (including phenoxy) is 1. The van der Waals surface area contributed by atoms with E-state index in [1.807, 2.05) is 24.3 Å². The zero-order valence-electron chi connectivity index (χ0n) is 10.9. The fraction of sp³-hybridized carbons (Fsp3) is 0.500. The first kappa shape index (κ1) is 12.9. The van der Waals surface area contributed by atoms with Crippen LogP contribution in [0.3, 0.4) is 0 Å². The molecule has 1 aromatic rings. The molecule has 1 amide bonds. The molecule has 0 unspecified atom stereocenters. The predicted octanol–water partition coefficient (Wildman–Crippen LogP) is 0.702. The number of anilines is 1. The van der Waals surface area contributed by atoms with E-state index in [2.05, 4.69) is 5.32 Å². The SMILES string of the molecule is COc1ccc(NC(=O)CC[NH+]2CCCC2)cc1. The van der Waals surface area contributed by atoms with E-state index in [0.717, 1.165) is 18.0 Å². The highest BCUT2D eigenvalue weighted by atomic mass is 16.5. The van der Waals surface area contributed by atoms with Gasteiger partial charge in [0, 0.05) is 18.5 Å². The van der Waals surface area contributed by atoms with Gasteiger partial charge in [-0.25, -0.2) is 0 Å². The number of methoxy groups -OCH3 is 1. The number of nitrogens with one attached hydrogen (secondary N) is 2. The number of carbonyl (C=O) groups is 1. The van der Waals surface area contributed by atoms with E-state index in [1.165, 1.54) is 25.9 Å². The van der Waals surface area contributed by atoms with Crippen LogP contribution in [0.4, 0.5) is 5.69 Å². The van der Waals surface area contributed by atoms with Crippen molar-refractivity contribution in [2.24, 2.45) is 0 Å². The quantitative estimate of drug-likeness (QED) is 0.807. The fourth-order valence-electron chi connectivity index (χ4n) is 2.31. The lowest BCUT2D eigenvalue weighted by Crippen LogP contribution is -3.10. The molecule has 1 aliphatic heterocycles. The smallest absolute Gasteiger partial charge is 0.230 e. The van der Waals surface area contributed by atoms with Crippen LogP contribution in [-0.4, -0.2) is 32.7 Å². The van der Waals surface area contributed by atoms with Crippen molar-refractivity contribution in [2.45, 2.75) is 19.3 Å². The van der Waals surface area contributed by atoms with Crippen molar-refractivity contribution in [1.82, 2.24) is 0 Å². The first-order chi connectivity index (χ1) is 8.78. The molecule has 1 heterocycles. The molecular formula is C14H21N2O2+. The third kappa shape index (κ3) is 3.74. The zero-order chi connectivity index (χ0) is 12.8. The average Bonchev–Trinajstić information content (AvgIpc) is 2.90. The minimum atomic E-state index is 0.0968. The molecule has 0 atom stereocenters. The first-order valence-corrected chi connectivity index (χ1v) is 6.55. The van der Waals surface area contributed by atoms with Gasteiger partial charge in [-0.05, 0) is 24.3 Å². The standard InChI is InChI=1S/C14H20N2O2/c1-18-13-6-4-12(5-7-13)15-14(17)8-11-16-9-2-3-10-16/h4-7H,2-3,8-11H2,1H3,(H,15,17)/p+1. The fourth-order valence-corrected chi connectivity index (χ4v) is 2.31. The van der Waals surface area contributed by atoms with Crippen LogP contribution in [0.2, 0.25) is 0 Å². The normalized spacial score (nSPS) is 15.6. The lowest BCUT2D eigenvalue weighted by atomic mass is 10.3. The molecule has 4 heteroatoms. The molecule has 2 N–H and O–H groups in total. The van der Waals surface area contributed by atoms with Crippen molar-refractivity contribution in [3.63, 3.8) is 0 Å². The van der Waals surface area contributed by atoms with E-state index in [4.69, 9.17) is 4.74 Å². The van der Waals surface area contributed by atoms with Gasteiger partial charge in [0.25, 0.3) is 0 Å². The van der Waals surface area contributed by atoms with Crippen molar-refractivity contribution in [2.75, 3.05) is 32.1 Å². The van der Waals surface area contributed by atoms with Gasteiger partial charge < -0.3 is 15.0 Å². The highest BCUT2D eigenvalue weighted by Crippen LogP contribution is 2.14. The predicted molar refractivity (Wildman–Crippen MR) is 71.0 cm³/mol. The summed E-state index contributed by atoms with van der Waals surface area (Å²) in [4.78, 5) is 13.3. The van der Waals surface area contributed by atoms with E-state index in [9.17, 15) is 4.79 Å². The summed E-state index contributed by atoms with van der Waals surface area (Å²) in [5.74, 6) is 0.897. The number of amides is 1. The maximum Gasteiger partial charge on any atom is 0.230 e. The molecule has 1 saturated heterocycles. The highest BCUT2D eigenvalue weighted by molar-refractivity contribution is 5.90. The lowest BCUT2D eigenvalue weighted by Gasteiger charge is -2.11. The van der Waals surface area contributed by atoms with Gasteiger partial charge in [-0.1, -0.05) is 0 Å². The Kier molecular flexibility index (Phi) is 4.59. The molecule has 2 rings (SSSR count). The van der Waals surface area contributed by atoms with Crippen molar-refractivity contribution in [1.29, 1.82) is 0 Å². The van der Waals surface area contributed by atoms with Crippen LogP contribution >= 0.6 is 0 Å². The van der Waals surface area contributed by atoms with Crippen molar-refractivity contribution in [3.8, 4) is 5.75 Å². The summed E-state index contributed by atoms with van der Waals surface area (Å²) in [5.41, 5.74) is 0.831. The molecule has 1 aliphatic rings. The number of hydrogen-bond acceptors (Lipinski definition) is 2. The lowest BCUT2D eigenvalue weighted by molar-refractivity contribution is -0.886. The van der Waals surface area contributed by atoms with Gasteiger partial charge in [-0.15, -0.1) is 0 Å². The molecule has 0 saturated carbocycles. The summed E-state index contributed by atoms with van der Waals surface area (Å²) in [6.07, 6.45) is 3.20. The monoisotopic (exact) mass is 249 g/mol.